The fourth-order valence-electron chi connectivity index (χ4n) is 3.54. The fourth-order valence-corrected chi connectivity index (χ4v) is 3.54. The van der Waals surface area contributed by atoms with Crippen LogP contribution in [0.2, 0.25) is 0 Å². The molecule has 0 bridgehead atoms. The van der Waals surface area contributed by atoms with E-state index in [9.17, 15) is 9.50 Å². The number of rotatable bonds is 7. The molecule has 0 aromatic heterocycles. The molecule has 1 unspecified atom stereocenters. The molecule has 0 amide bonds. The number of halogens is 1. The Hall–Kier alpha value is -1.19. The van der Waals surface area contributed by atoms with Gasteiger partial charge in [0.1, 0.15) is 5.82 Å². The van der Waals surface area contributed by atoms with Crippen molar-refractivity contribution in [3.8, 4) is 0 Å². The van der Waals surface area contributed by atoms with E-state index >= 15 is 0 Å². The van der Waals surface area contributed by atoms with Crippen LogP contribution >= 0.6 is 0 Å². The number of benzene rings is 1. The van der Waals surface area contributed by atoms with E-state index in [1.165, 1.54) is 38.2 Å². The minimum absolute atomic E-state index is 0.209. The summed E-state index contributed by atoms with van der Waals surface area (Å²) >= 11 is 0. The first kappa shape index (κ1) is 17.2. The van der Waals surface area contributed by atoms with Gasteiger partial charge in [-0.1, -0.05) is 31.4 Å². The SMILES string of the molecule is C=CC1(CCc2cc(F)cc(C(O)CCN)c2)CCCCC1. The molecule has 1 fully saturated rings. The van der Waals surface area contributed by atoms with Crippen LogP contribution in [0, 0.1) is 11.2 Å². The monoisotopic (exact) mass is 305 g/mol. The van der Waals surface area contributed by atoms with Gasteiger partial charge in [0.05, 0.1) is 6.10 Å². The molecule has 0 aliphatic heterocycles. The first-order chi connectivity index (χ1) is 10.6. The lowest BCUT2D eigenvalue weighted by atomic mass is 9.71. The van der Waals surface area contributed by atoms with Gasteiger partial charge >= 0.3 is 0 Å². The Labute approximate surface area is 133 Å². The molecule has 1 saturated carbocycles. The first-order valence-corrected chi connectivity index (χ1v) is 8.40. The summed E-state index contributed by atoms with van der Waals surface area (Å²) in [4.78, 5) is 0. The van der Waals surface area contributed by atoms with Gasteiger partial charge in [-0.15, -0.1) is 6.58 Å². The first-order valence-electron chi connectivity index (χ1n) is 8.40. The molecule has 1 aromatic carbocycles. The van der Waals surface area contributed by atoms with E-state index in [1.54, 1.807) is 6.07 Å². The van der Waals surface area contributed by atoms with Crippen molar-refractivity contribution in [2.24, 2.45) is 11.1 Å². The molecule has 1 aromatic rings. The second-order valence-corrected chi connectivity index (χ2v) is 6.61. The van der Waals surface area contributed by atoms with E-state index < -0.39 is 6.10 Å². The van der Waals surface area contributed by atoms with Gasteiger partial charge < -0.3 is 10.8 Å². The number of hydrogen-bond donors (Lipinski definition) is 2. The standard InChI is InChI=1S/C19H28FNO/c1-2-19(8-4-3-5-9-19)10-6-15-12-16(14-17(20)13-15)18(22)7-11-21/h2,12-14,18,22H,1,3-11,21H2. The van der Waals surface area contributed by atoms with Crippen LogP contribution in [0.5, 0.6) is 0 Å². The second-order valence-electron chi connectivity index (χ2n) is 6.61. The Kier molecular flexibility index (Phi) is 6.16. The summed E-state index contributed by atoms with van der Waals surface area (Å²) in [5, 5.41) is 10.0. The lowest BCUT2D eigenvalue weighted by Crippen LogP contribution is -2.22. The van der Waals surface area contributed by atoms with Gasteiger partial charge in [0.2, 0.25) is 0 Å². The Balaban J connectivity index is 2.07. The largest absolute Gasteiger partial charge is 0.388 e. The number of aryl methyl sites for hydroxylation is 1. The zero-order chi connectivity index (χ0) is 16.0. The van der Waals surface area contributed by atoms with Crippen LogP contribution in [0.3, 0.4) is 0 Å². The van der Waals surface area contributed by atoms with E-state index in [1.807, 2.05) is 6.07 Å². The number of aliphatic hydroxyl groups excluding tert-OH is 1. The average molecular weight is 305 g/mol. The molecule has 2 nitrogen and oxygen atoms in total. The third-order valence-electron chi connectivity index (χ3n) is 5.00. The van der Waals surface area contributed by atoms with E-state index in [0.717, 1.165) is 18.4 Å². The maximum Gasteiger partial charge on any atom is 0.123 e. The predicted octanol–water partition coefficient (Wildman–Crippen LogP) is 4.28. The summed E-state index contributed by atoms with van der Waals surface area (Å²) in [6, 6.07) is 4.91. The maximum atomic E-state index is 13.8. The Morgan fingerprint density at radius 2 is 2.00 bits per heavy atom. The predicted molar refractivity (Wildman–Crippen MR) is 89.1 cm³/mol. The van der Waals surface area contributed by atoms with Gasteiger partial charge in [-0.3, -0.25) is 0 Å². The van der Waals surface area contributed by atoms with Gasteiger partial charge in [0.15, 0.2) is 0 Å². The lowest BCUT2D eigenvalue weighted by molar-refractivity contribution is 0.169. The van der Waals surface area contributed by atoms with Gasteiger partial charge in [-0.2, -0.15) is 0 Å². The Morgan fingerprint density at radius 1 is 1.27 bits per heavy atom. The third-order valence-corrected chi connectivity index (χ3v) is 5.00. The molecule has 3 N–H and O–H groups in total. The van der Waals surface area contributed by atoms with Crippen molar-refractivity contribution in [1.82, 2.24) is 0 Å². The van der Waals surface area contributed by atoms with Crippen molar-refractivity contribution in [2.75, 3.05) is 6.54 Å². The van der Waals surface area contributed by atoms with Crippen molar-refractivity contribution in [2.45, 2.75) is 57.5 Å². The van der Waals surface area contributed by atoms with Crippen molar-refractivity contribution in [1.29, 1.82) is 0 Å². The van der Waals surface area contributed by atoms with Crippen LogP contribution in [0.25, 0.3) is 0 Å². The zero-order valence-electron chi connectivity index (χ0n) is 13.4. The van der Waals surface area contributed by atoms with Gasteiger partial charge in [0, 0.05) is 0 Å². The molecule has 22 heavy (non-hydrogen) atoms. The summed E-state index contributed by atoms with van der Waals surface area (Å²) in [7, 11) is 0. The molecule has 1 aliphatic rings. The average Bonchev–Trinajstić information content (AvgIpc) is 2.53. The van der Waals surface area contributed by atoms with Gasteiger partial charge in [-0.25, -0.2) is 4.39 Å². The van der Waals surface area contributed by atoms with Crippen LogP contribution in [0.4, 0.5) is 4.39 Å². The summed E-state index contributed by atoms with van der Waals surface area (Å²) in [6.07, 6.45) is 9.93. The Morgan fingerprint density at radius 3 is 2.64 bits per heavy atom. The quantitative estimate of drug-likeness (QED) is 0.739. The summed E-state index contributed by atoms with van der Waals surface area (Å²) < 4.78 is 13.8. The topological polar surface area (TPSA) is 46.2 Å². The molecular weight excluding hydrogens is 277 g/mol. The van der Waals surface area contributed by atoms with Crippen molar-refractivity contribution in [3.05, 3.63) is 47.8 Å². The van der Waals surface area contributed by atoms with Gasteiger partial charge in [-0.05, 0) is 67.3 Å². The number of aliphatic hydroxyl groups is 1. The number of allylic oxidation sites excluding steroid dienone is 1. The van der Waals surface area contributed by atoms with Crippen molar-refractivity contribution < 1.29 is 9.50 Å². The molecule has 0 saturated heterocycles. The molecule has 1 atom stereocenters. The highest BCUT2D eigenvalue weighted by Gasteiger charge is 2.28. The molecule has 0 spiro atoms. The summed E-state index contributed by atoms with van der Waals surface area (Å²) in [6.45, 7) is 4.42. The van der Waals surface area contributed by atoms with E-state index in [4.69, 9.17) is 5.73 Å². The highest BCUT2D eigenvalue weighted by molar-refractivity contribution is 5.27. The molecule has 122 valence electrons. The van der Waals surface area contributed by atoms with Crippen molar-refractivity contribution in [3.63, 3.8) is 0 Å². The van der Waals surface area contributed by atoms with E-state index in [2.05, 4.69) is 12.7 Å². The number of hydrogen-bond acceptors (Lipinski definition) is 2. The minimum Gasteiger partial charge on any atom is -0.388 e. The molecule has 2 rings (SSSR count). The van der Waals surface area contributed by atoms with Gasteiger partial charge in [0.25, 0.3) is 0 Å². The number of nitrogens with two attached hydrogens (primary N) is 1. The molecule has 3 heteroatoms. The van der Waals surface area contributed by atoms with Crippen LogP contribution in [0.15, 0.2) is 30.9 Å². The smallest absolute Gasteiger partial charge is 0.123 e. The van der Waals surface area contributed by atoms with Crippen molar-refractivity contribution >= 4 is 0 Å². The van der Waals surface area contributed by atoms with E-state index in [-0.39, 0.29) is 11.2 Å². The molecule has 0 radical (unpaired) electrons. The fraction of sp³-hybridized carbons (Fsp3) is 0.579. The van der Waals surface area contributed by atoms with Crippen LogP contribution in [-0.4, -0.2) is 11.7 Å². The lowest BCUT2D eigenvalue weighted by Gasteiger charge is -2.34. The summed E-state index contributed by atoms with van der Waals surface area (Å²) in [5.74, 6) is -0.278. The minimum atomic E-state index is -0.678. The van der Waals surface area contributed by atoms with Crippen LogP contribution in [0.1, 0.15) is 62.2 Å². The second kappa shape index (κ2) is 7.89. The third kappa shape index (κ3) is 4.40. The van der Waals surface area contributed by atoms with E-state index in [0.29, 0.717) is 18.5 Å². The maximum absolute atomic E-state index is 13.8. The van der Waals surface area contributed by atoms with Crippen LogP contribution < -0.4 is 5.73 Å². The highest BCUT2D eigenvalue weighted by atomic mass is 19.1. The molecule has 0 heterocycles. The highest BCUT2D eigenvalue weighted by Crippen LogP contribution is 2.41. The Bertz CT molecular complexity index is 494. The zero-order valence-corrected chi connectivity index (χ0v) is 13.4. The molecule has 1 aliphatic carbocycles. The summed E-state index contributed by atoms with van der Waals surface area (Å²) in [5.41, 5.74) is 7.27. The molecular formula is C19H28FNO. The normalized spacial score (nSPS) is 18.9. The van der Waals surface area contributed by atoms with Crippen LogP contribution in [-0.2, 0) is 6.42 Å².